The van der Waals surface area contributed by atoms with Gasteiger partial charge in [0.15, 0.2) is 0 Å². The van der Waals surface area contributed by atoms with Gasteiger partial charge in [-0.15, -0.1) is 11.8 Å². The first-order valence-corrected chi connectivity index (χ1v) is 16.2. The number of rotatable bonds is 11. The number of nitrogens with zero attached hydrogens (tertiary/aromatic N) is 1. The number of aliphatic hydroxyl groups is 1. The molecule has 0 radical (unpaired) electrons. The van der Waals surface area contributed by atoms with E-state index >= 15 is 0 Å². The third-order valence-electron chi connectivity index (χ3n) is 8.42. The summed E-state index contributed by atoms with van der Waals surface area (Å²) in [6.45, 7) is 6.23. The summed E-state index contributed by atoms with van der Waals surface area (Å²) in [6, 6.07) is 12.8. The molecule has 3 N–H and O–H groups in total. The second-order valence-electron chi connectivity index (χ2n) is 11.5. The Balaban J connectivity index is 1.48. The minimum absolute atomic E-state index is 0.0588. The standard InChI is InChI=1S/C31H38BrN3O6S/c1-5-41-22-12-8-18(9-13-22)33-28(37)24-25-30(39)35(20(16-36)14-17(2)3)27(31(25)15-23(32)26(24)42-31)29(38)34-19-6-10-21(40-4)11-7-19/h6-13,17,20,23-27,36H,5,14-16H2,1-4H3,(H,33,37)(H,34,38)/t20-,23?,24-,25+,26-,27?,31?/m1/s1. The maximum absolute atomic E-state index is 14.4. The summed E-state index contributed by atoms with van der Waals surface area (Å²) in [5.74, 6) is -0.604. The molecule has 226 valence electrons. The lowest BCUT2D eigenvalue weighted by atomic mass is 9.70. The molecule has 1 spiro atoms. The third kappa shape index (κ3) is 5.51. The average molecular weight is 661 g/mol. The quantitative estimate of drug-likeness (QED) is 0.303. The molecule has 3 saturated heterocycles. The normalized spacial score (nSPS) is 28.5. The summed E-state index contributed by atoms with van der Waals surface area (Å²) in [5.41, 5.74) is 1.19. The van der Waals surface area contributed by atoms with E-state index in [2.05, 4.69) is 26.6 Å². The molecule has 3 unspecified atom stereocenters. The number of likely N-dealkylation sites (tertiary alicyclic amines) is 1. The van der Waals surface area contributed by atoms with Gasteiger partial charge in [-0.2, -0.15) is 0 Å². The van der Waals surface area contributed by atoms with Crippen molar-refractivity contribution >= 4 is 56.8 Å². The van der Waals surface area contributed by atoms with E-state index in [4.69, 9.17) is 9.47 Å². The van der Waals surface area contributed by atoms with Gasteiger partial charge in [0.1, 0.15) is 17.5 Å². The Hall–Kier alpha value is -2.76. The van der Waals surface area contributed by atoms with Crippen LogP contribution in [0, 0.1) is 17.8 Å². The zero-order chi connectivity index (χ0) is 30.2. The first-order valence-electron chi connectivity index (χ1n) is 14.4. The molecule has 0 saturated carbocycles. The number of ether oxygens (including phenoxy) is 2. The van der Waals surface area contributed by atoms with E-state index in [-0.39, 0.29) is 40.3 Å². The van der Waals surface area contributed by atoms with Gasteiger partial charge in [-0.25, -0.2) is 0 Å². The van der Waals surface area contributed by atoms with Gasteiger partial charge in [0.2, 0.25) is 17.7 Å². The largest absolute Gasteiger partial charge is 0.497 e. The molecule has 3 fully saturated rings. The molecule has 3 amide bonds. The maximum atomic E-state index is 14.4. The van der Waals surface area contributed by atoms with Crippen LogP contribution in [0.3, 0.4) is 0 Å². The zero-order valence-electron chi connectivity index (χ0n) is 24.2. The van der Waals surface area contributed by atoms with E-state index in [0.29, 0.717) is 42.3 Å². The molecule has 2 aromatic carbocycles. The topological polar surface area (TPSA) is 117 Å². The van der Waals surface area contributed by atoms with Crippen molar-refractivity contribution in [3.05, 3.63) is 48.5 Å². The van der Waals surface area contributed by atoms with Crippen LogP contribution in [0.5, 0.6) is 11.5 Å². The van der Waals surface area contributed by atoms with Crippen LogP contribution >= 0.6 is 27.7 Å². The predicted molar refractivity (Wildman–Crippen MR) is 167 cm³/mol. The summed E-state index contributed by atoms with van der Waals surface area (Å²) in [5, 5.41) is 16.3. The van der Waals surface area contributed by atoms with Gasteiger partial charge in [0, 0.05) is 21.5 Å². The Kier molecular flexibility index (Phi) is 9.10. The molecule has 9 nitrogen and oxygen atoms in total. The minimum atomic E-state index is -0.855. The number of halogens is 1. The minimum Gasteiger partial charge on any atom is -0.497 e. The summed E-state index contributed by atoms with van der Waals surface area (Å²) in [4.78, 5) is 44.0. The van der Waals surface area contributed by atoms with E-state index in [1.165, 1.54) is 0 Å². The van der Waals surface area contributed by atoms with Crippen LogP contribution in [0.15, 0.2) is 48.5 Å². The monoisotopic (exact) mass is 659 g/mol. The van der Waals surface area contributed by atoms with Crippen molar-refractivity contribution < 1.29 is 29.0 Å². The van der Waals surface area contributed by atoms with Crippen molar-refractivity contribution in [2.45, 2.75) is 60.5 Å². The Labute approximate surface area is 259 Å². The van der Waals surface area contributed by atoms with E-state index < -0.39 is 28.7 Å². The molecule has 2 aromatic rings. The highest BCUT2D eigenvalue weighted by Crippen LogP contribution is 2.68. The van der Waals surface area contributed by atoms with Crippen molar-refractivity contribution in [1.82, 2.24) is 4.90 Å². The number of hydrogen-bond donors (Lipinski definition) is 3. The summed E-state index contributed by atoms with van der Waals surface area (Å²) < 4.78 is 9.93. The van der Waals surface area contributed by atoms with Crippen molar-refractivity contribution in [3.63, 3.8) is 0 Å². The van der Waals surface area contributed by atoms with Gasteiger partial charge >= 0.3 is 0 Å². The van der Waals surface area contributed by atoms with Crippen LogP contribution in [0.4, 0.5) is 11.4 Å². The molecule has 3 aliphatic rings. The van der Waals surface area contributed by atoms with Crippen molar-refractivity contribution in [2.24, 2.45) is 17.8 Å². The van der Waals surface area contributed by atoms with Gasteiger partial charge in [-0.1, -0.05) is 29.8 Å². The highest BCUT2D eigenvalue weighted by atomic mass is 79.9. The fourth-order valence-corrected chi connectivity index (χ4v) is 10.4. The smallest absolute Gasteiger partial charge is 0.248 e. The fraction of sp³-hybridized carbons (Fsp3) is 0.516. The van der Waals surface area contributed by atoms with E-state index in [1.54, 1.807) is 72.3 Å². The number of carbonyl (C=O) groups is 3. The third-order valence-corrected chi connectivity index (χ3v) is 11.6. The van der Waals surface area contributed by atoms with Crippen molar-refractivity contribution in [3.8, 4) is 11.5 Å². The Morgan fingerprint density at radius 2 is 1.67 bits per heavy atom. The van der Waals surface area contributed by atoms with Crippen LogP contribution < -0.4 is 20.1 Å². The summed E-state index contributed by atoms with van der Waals surface area (Å²) in [6.07, 6.45) is 1.09. The highest BCUT2D eigenvalue weighted by Gasteiger charge is 2.76. The molecule has 0 aromatic heterocycles. The summed E-state index contributed by atoms with van der Waals surface area (Å²) in [7, 11) is 1.58. The summed E-state index contributed by atoms with van der Waals surface area (Å²) >= 11 is 5.37. The lowest BCUT2D eigenvalue weighted by Crippen LogP contribution is -2.55. The van der Waals surface area contributed by atoms with Gasteiger partial charge in [-0.05, 0) is 74.2 Å². The predicted octanol–water partition coefficient (Wildman–Crippen LogP) is 4.54. The van der Waals surface area contributed by atoms with E-state index in [1.807, 2.05) is 20.8 Å². The first kappa shape index (κ1) is 30.7. The number of methoxy groups -OCH3 is 1. The van der Waals surface area contributed by atoms with Gasteiger partial charge in [-0.3, -0.25) is 14.4 Å². The molecule has 3 heterocycles. The SMILES string of the molecule is CCOc1ccc(NC(=O)[C@H]2[C@@H]3SC4(CC3Br)C(C(=O)Nc3ccc(OC)cc3)N([C@@H](CO)CC(C)C)C(=O)[C@H]24)cc1. The lowest BCUT2D eigenvalue weighted by molar-refractivity contribution is -0.141. The van der Waals surface area contributed by atoms with Gasteiger partial charge in [0.25, 0.3) is 0 Å². The molecule has 7 atom stereocenters. The number of alkyl halides is 1. The first-order chi connectivity index (χ1) is 20.1. The molecule has 42 heavy (non-hydrogen) atoms. The number of hydrogen-bond acceptors (Lipinski definition) is 7. The number of benzene rings is 2. The number of aliphatic hydroxyl groups excluding tert-OH is 1. The van der Waals surface area contributed by atoms with Crippen LogP contribution in [0.25, 0.3) is 0 Å². The molecular weight excluding hydrogens is 622 g/mol. The van der Waals surface area contributed by atoms with E-state index in [9.17, 15) is 19.5 Å². The number of thioether (sulfide) groups is 1. The number of nitrogens with one attached hydrogen (secondary N) is 2. The van der Waals surface area contributed by atoms with Crippen molar-refractivity contribution in [1.29, 1.82) is 0 Å². The Morgan fingerprint density at radius 1 is 1.07 bits per heavy atom. The molecule has 3 aliphatic heterocycles. The molecule has 0 aliphatic carbocycles. The lowest BCUT2D eigenvalue weighted by Gasteiger charge is -2.37. The van der Waals surface area contributed by atoms with Crippen LogP contribution in [0.1, 0.15) is 33.6 Å². The molecule has 2 bridgehead atoms. The van der Waals surface area contributed by atoms with Gasteiger partial charge in [0.05, 0.1) is 42.9 Å². The molecule has 5 rings (SSSR count). The molecule has 11 heteroatoms. The average Bonchev–Trinajstić information content (AvgIpc) is 3.56. The van der Waals surface area contributed by atoms with E-state index in [0.717, 1.165) is 0 Å². The van der Waals surface area contributed by atoms with Crippen LogP contribution in [-0.4, -0.2) is 75.0 Å². The fourth-order valence-electron chi connectivity index (χ4n) is 6.79. The van der Waals surface area contributed by atoms with Crippen molar-refractivity contribution in [2.75, 3.05) is 31.0 Å². The van der Waals surface area contributed by atoms with Crippen LogP contribution in [0.2, 0.25) is 0 Å². The Bertz CT molecular complexity index is 1310. The Morgan fingerprint density at radius 3 is 2.21 bits per heavy atom. The van der Waals surface area contributed by atoms with Crippen LogP contribution in [-0.2, 0) is 14.4 Å². The maximum Gasteiger partial charge on any atom is 0.248 e. The number of amides is 3. The second kappa shape index (κ2) is 12.5. The number of anilines is 2. The van der Waals surface area contributed by atoms with Gasteiger partial charge < -0.3 is 30.1 Å². The number of fused-ring (bicyclic) bond motifs is 1. The zero-order valence-corrected chi connectivity index (χ0v) is 26.6. The number of carbonyl (C=O) groups excluding carboxylic acids is 3. The molecular formula is C31H38BrN3O6S. The second-order valence-corrected chi connectivity index (χ2v) is 14.3. The highest BCUT2D eigenvalue weighted by molar-refractivity contribution is 9.09.